The number of nitro groups is 1. The molecule has 0 aliphatic carbocycles. The molecule has 0 radical (unpaired) electrons. The van der Waals surface area contributed by atoms with Crippen molar-refractivity contribution >= 4 is 34.8 Å². The van der Waals surface area contributed by atoms with Crippen LogP contribution in [0.1, 0.15) is 6.92 Å². The van der Waals surface area contributed by atoms with Crippen molar-refractivity contribution in [2.75, 3.05) is 11.5 Å². The van der Waals surface area contributed by atoms with Crippen molar-refractivity contribution in [2.24, 2.45) is 0 Å². The summed E-state index contributed by atoms with van der Waals surface area (Å²) in [6, 6.07) is 12.3. The molecule has 0 spiro atoms. The lowest BCUT2D eigenvalue weighted by Gasteiger charge is -2.21. The maximum atomic E-state index is 12.3. The molecule has 114 valence electrons. The molecule has 2 aromatic rings. The van der Waals surface area contributed by atoms with Crippen molar-refractivity contribution in [2.45, 2.75) is 6.92 Å². The average molecular weight is 321 g/mol. The quantitative estimate of drug-likeness (QED) is 0.612. The molecule has 0 fully saturated rings. The third-order valence-electron chi connectivity index (χ3n) is 2.85. The monoisotopic (exact) mass is 320 g/mol. The fourth-order valence-corrected chi connectivity index (χ4v) is 2.05. The second kappa shape index (κ2) is 6.91. The molecule has 7 heteroatoms. The Balaban J connectivity index is 2.56. The summed E-state index contributed by atoms with van der Waals surface area (Å²) in [5.41, 5.74) is 0.371. The number of hydrogen-bond donors (Lipinski definition) is 0. The van der Waals surface area contributed by atoms with E-state index in [0.717, 1.165) is 4.90 Å². The average Bonchev–Trinajstić information content (AvgIpc) is 2.50. The van der Waals surface area contributed by atoms with Crippen LogP contribution in [0.4, 0.5) is 21.9 Å². The van der Waals surface area contributed by atoms with Gasteiger partial charge in [0.25, 0.3) is 5.69 Å². The van der Waals surface area contributed by atoms with Gasteiger partial charge in [0.2, 0.25) is 0 Å². The minimum absolute atomic E-state index is 0.133. The first-order valence-corrected chi connectivity index (χ1v) is 6.88. The molecule has 0 heterocycles. The number of nitrogens with zero attached hydrogens (tertiary/aromatic N) is 2. The Labute approximate surface area is 132 Å². The van der Waals surface area contributed by atoms with Crippen molar-refractivity contribution in [1.82, 2.24) is 0 Å². The van der Waals surface area contributed by atoms with Gasteiger partial charge in [-0.15, -0.1) is 0 Å². The topological polar surface area (TPSA) is 72.7 Å². The van der Waals surface area contributed by atoms with Crippen LogP contribution in [0.5, 0.6) is 0 Å². The van der Waals surface area contributed by atoms with Crippen molar-refractivity contribution < 1.29 is 14.5 Å². The van der Waals surface area contributed by atoms with E-state index in [0.29, 0.717) is 10.7 Å². The van der Waals surface area contributed by atoms with Crippen molar-refractivity contribution in [3.05, 3.63) is 63.7 Å². The van der Waals surface area contributed by atoms with Crippen LogP contribution in [0.25, 0.3) is 0 Å². The summed E-state index contributed by atoms with van der Waals surface area (Å²) in [6.45, 7) is 1.82. The van der Waals surface area contributed by atoms with Gasteiger partial charge in [0, 0.05) is 11.1 Å². The smallest absolute Gasteiger partial charge is 0.419 e. The summed E-state index contributed by atoms with van der Waals surface area (Å²) in [7, 11) is 0. The van der Waals surface area contributed by atoms with Gasteiger partial charge in [-0.25, -0.2) is 9.69 Å². The molecule has 0 aliphatic rings. The maximum absolute atomic E-state index is 12.3. The van der Waals surface area contributed by atoms with Gasteiger partial charge in [-0.2, -0.15) is 0 Å². The summed E-state index contributed by atoms with van der Waals surface area (Å²) in [6.07, 6.45) is -0.695. The molecule has 2 rings (SSSR count). The first-order chi connectivity index (χ1) is 10.5. The fraction of sp³-hybridized carbons (Fsp3) is 0.133. The lowest BCUT2D eigenvalue weighted by atomic mass is 10.2. The number of amides is 1. The molecule has 0 N–H and O–H groups in total. The largest absolute Gasteiger partial charge is 0.449 e. The van der Waals surface area contributed by atoms with E-state index in [1.165, 1.54) is 18.2 Å². The van der Waals surface area contributed by atoms with E-state index in [4.69, 9.17) is 16.3 Å². The second-order valence-electron chi connectivity index (χ2n) is 4.26. The lowest BCUT2D eigenvalue weighted by Crippen LogP contribution is -2.27. The number of carbonyl (C=O) groups is 1. The number of rotatable bonds is 4. The predicted octanol–water partition coefficient (Wildman–Crippen LogP) is 4.54. The minimum Gasteiger partial charge on any atom is -0.449 e. The lowest BCUT2D eigenvalue weighted by molar-refractivity contribution is -0.384. The normalized spacial score (nSPS) is 10.1. The number of hydrogen-bond acceptors (Lipinski definition) is 4. The highest BCUT2D eigenvalue weighted by molar-refractivity contribution is 6.30. The van der Waals surface area contributed by atoms with Gasteiger partial charge >= 0.3 is 6.09 Å². The summed E-state index contributed by atoms with van der Waals surface area (Å²) in [5.74, 6) is 0. The maximum Gasteiger partial charge on any atom is 0.419 e. The summed E-state index contributed by atoms with van der Waals surface area (Å²) in [4.78, 5) is 24.1. The molecule has 2 aromatic carbocycles. The molecule has 0 saturated carbocycles. The van der Waals surface area contributed by atoms with Crippen LogP contribution in [0, 0.1) is 10.1 Å². The number of para-hydroxylation sites is 2. The number of anilines is 2. The van der Waals surface area contributed by atoms with E-state index >= 15 is 0 Å². The highest BCUT2D eigenvalue weighted by atomic mass is 35.5. The van der Waals surface area contributed by atoms with E-state index in [1.807, 2.05) is 0 Å². The van der Waals surface area contributed by atoms with Crippen LogP contribution in [-0.4, -0.2) is 17.6 Å². The van der Waals surface area contributed by atoms with Crippen LogP contribution in [0.2, 0.25) is 5.02 Å². The van der Waals surface area contributed by atoms with E-state index in [1.54, 1.807) is 37.3 Å². The summed E-state index contributed by atoms with van der Waals surface area (Å²) in [5, 5.41) is 11.7. The standard InChI is InChI=1S/C15H13ClN2O4/c1-2-22-15(19)17(12-9-7-11(16)8-10-12)13-5-3-4-6-14(13)18(20)21/h3-10H,2H2,1H3. The zero-order valence-electron chi connectivity index (χ0n) is 11.7. The zero-order valence-corrected chi connectivity index (χ0v) is 12.5. The van der Waals surface area contributed by atoms with E-state index in [-0.39, 0.29) is 18.0 Å². The number of nitro benzene ring substituents is 1. The highest BCUT2D eigenvalue weighted by Crippen LogP contribution is 2.34. The van der Waals surface area contributed by atoms with Crippen molar-refractivity contribution in [3.8, 4) is 0 Å². The van der Waals surface area contributed by atoms with E-state index < -0.39 is 11.0 Å². The first kappa shape index (κ1) is 15.8. The number of ether oxygens (including phenoxy) is 1. The van der Waals surface area contributed by atoms with Crippen LogP contribution >= 0.6 is 11.6 Å². The number of benzene rings is 2. The number of carbonyl (C=O) groups excluding carboxylic acids is 1. The Morgan fingerprint density at radius 1 is 1.23 bits per heavy atom. The SMILES string of the molecule is CCOC(=O)N(c1ccc(Cl)cc1)c1ccccc1[N+](=O)[O-]. The fourth-order valence-electron chi connectivity index (χ4n) is 1.93. The van der Waals surface area contributed by atoms with Gasteiger partial charge < -0.3 is 4.74 Å². The van der Waals surface area contributed by atoms with Crippen molar-refractivity contribution in [1.29, 1.82) is 0 Å². The molecule has 0 saturated heterocycles. The molecule has 0 bridgehead atoms. The minimum atomic E-state index is -0.695. The molecular weight excluding hydrogens is 308 g/mol. The van der Waals surface area contributed by atoms with Crippen molar-refractivity contribution in [3.63, 3.8) is 0 Å². The van der Waals surface area contributed by atoms with Gasteiger partial charge in [0.15, 0.2) is 0 Å². The molecule has 0 aliphatic heterocycles. The Kier molecular flexibility index (Phi) is 4.95. The Hall–Kier alpha value is -2.60. The van der Waals surface area contributed by atoms with Gasteiger partial charge in [-0.1, -0.05) is 23.7 Å². The van der Waals surface area contributed by atoms with Gasteiger partial charge in [0.1, 0.15) is 5.69 Å². The molecule has 0 atom stereocenters. The first-order valence-electron chi connectivity index (χ1n) is 6.50. The van der Waals surface area contributed by atoms with Crippen LogP contribution in [0.3, 0.4) is 0 Å². The second-order valence-corrected chi connectivity index (χ2v) is 4.69. The van der Waals surface area contributed by atoms with Crippen LogP contribution in [-0.2, 0) is 4.74 Å². The Morgan fingerprint density at radius 2 is 1.86 bits per heavy atom. The summed E-state index contributed by atoms with van der Waals surface area (Å²) >= 11 is 5.84. The third-order valence-corrected chi connectivity index (χ3v) is 3.11. The zero-order chi connectivity index (χ0) is 16.1. The van der Waals surface area contributed by atoms with Gasteiger partial charge in [-0.3, -0.25) is 10.1 Å². The van der Waals surface area contributed by atoms with Gasteiger partial charge in [-0.05, 0) is 37.3 Å². The Morgan fingerprint density at radius 3 is 2.45 bits per heavy atom. The molecule has 22 heavy (non-hydrogen) atoms. The van der Waals surface area contributed by atoms with Crippen LogP contribution < -0.4 is 4.90 Å². The molecule has 0 unspecified atom stereocenters. The van der Waals surface area contributed by atoms with E-state index in [2.05, 4.69) is 0 Å². The highest BCUT2D eigenvalue weighted by Gasteiger charge is 2.26. The molecular formula is C15H13ClN2O4. The summed E-state index contributed by atoms with van der Waals surface area (Å²) < 4.78 is 5.01. The molecule has 1 amide bonds. The third kappa shape index (κ3) is 3.35. The molecule has 0 aromatic heterocycles. The predicted molar refractivity (Wildman–Crippen MR) is 83.7 cm³/mol. The van der Waals surface area contributed by atoms with E-state index in [9.17, 15) is 14.9 Å². The van der Waals surface area contributed by atoms with Gasteiger partial charge in [0.05, 0.1) is 17.2 Å². The Bertz CT molecular complexity index is 688. The molecule has 6 nitrogen and oxygen atoms in total. The van der Waals surface area contributed by atoms with Crippen LogP contribution in [0.15, 0.2) is 48.5 Å². The number of halogens is 1.